The maximum atomic E-state index is 11.0. The molecule has 0 fully saturated rings. The highest BCUT2D eigenvalue weighted by atomic mass is 32.1. The van der Waals surface area contributed by atoms with Crippen molar-refractivity contribution in [1.82, 2.24) is 0 Å². The summed E-state index contributed by atoms with van der Waals surface area (Å²) in [4.78, 5) is 11.1. The van der Waals surface area contributed by atoms with Crippen LogP contribution in [0.2, 0.25) is 0 Å². The Morgan fingerprint density at radius 3 is 2.06 bits per heavy atom. The molecule has 0 rings (SSSR count). The number of carbonyl (C=O) groups is 1. The van der Waals surface area contributed by atoms with Gasteiger partial charge in [0.2, 0.25) is 0 Å². The SMILES string of the molecule is C=C(S)C(=O)OCCCCCCCCCC. The molecule has 0 aromatic heterocycles. The smallest absolute Gasteiger partial charge is 0.343 e. The van der Waals surface area contributed by atoms with Gasteiger partial charge in [-0.2, -0.15) is 0 Å². The van der Waals surface area contributed by atoms with E-state index in [0.717, 1.165) is 12.8 Å². The van der Waals surface area contributed by atoms with Gasteiger partial charge < -0.3 is 4.74 Å². The molecule has 0 aliphatic carbocycles. The molecule has 0 N–H and O–H groups in total. The molecule has 0 unspecified atom stereocenters. The maximum Gasteiger partial charge on any atom is 0.343 e. The van der Waals surface area contributed by atoms with Crippen molar-refractivity contribution in [3.8, 4) is 0 Å². The van der Waals surface area contributed by atoms with Gasteiger partial charge in [-0.3, -0.25) is 0 Å². The molecule has 0 saturated carbocycles. The molecule has 0 aliphatic rings. The van der Waals surface area contributed by atoms with Crippen LogP contribution >= 0.6 is 12.6 Å². The van der Waals surface area contributed by atoms with Gasteiger partial charge in [0.1, 0.15) is 0 Å². The fourth-order valence-electron chi connectivity index (χ4n) is 1.48. The molecule has 2 nitrogen and oxygen atoms in total. The first-order chi connectivity index (χ1) is 7.68. The Balaban J connectivity index is 3.10. The summed E-state index contributed by atoms with van der Waals surface area (Å²) in [6.07, 6.45) is 9.95. The van der Waals surface area contributed by atoms with Crippen LogP contribution in [0.5, 0.6) is 0 Å². The van der Waals surface area contributed by atoms with E-state index in [1.807, 2.05) is 0 Å². The minimum Gasteiger partial charge on any atom is -0.462 e. The molecule has 0 aromatic rings. The standard InChI is InChI=1S/C13H24O2S/c1-3-4-5-6-7-8-9-10-11-15-13(14)12(2)16/h16H,2-11H2,1H3. The topological polar surface area (TPSA) is 26.3 Å². The molecule has 0 heterocycles. The van der Waals surface area contributed by atoms with Gasteiger partial charge in [0, 0.05) is 0 Å². The van der Waals surface area contributed by atoms with Crippen LogP contribution in [-0.4, -0.2) is 12.6 Å². The second kappa shape index (κ2) is 11.1. The number of hydrogen-bond donors (Lipinski definition) is 1. The molecule has 0 spiro atoms. The molecule has 0 bridgehead atoms. The fourth-order valence-corrected chi connectivity index (χ4v) is 1.55. The van der Waals surface area contributed by atoms with Crippen molar-refractivity contribution in [1.29, 1.82) is 0 Å². The lowest BCUT2D eigenvalue weighted by Crippen LogP contribution is -2.04. The lowest BCUT2D eigenvalue weighted by Gasteiger charge is -2.03. The predicted molar refractivity (Wildman–Crippen MR) is 71.7 cm³/mol. The van der Waals surface area contributed by atoms with Gasteiger partial charge >= 0.3 is 5.97 Å². The largest absolute Gasteiger partial charge is 0.462 e. The number of thiol groups is 1. The quantitative estimate of drug-likeness (QED) is 0.271. The average Bonchev–Trinajstić information content (AvgIpc) is 2.26. The molecule has 0 aliphatic heterocycles. The Morgan fingerprint density at radius 2 is 1.56 bits per heavy atom. The number of esters is 1. The monoisotopic (exact) mass is 244 g/mol. The Bertz CT molecular complexity index is 202. The average molecular weight is 244 g/mol. The van der Waals surface area contributed by atoms with Crippen molar-refractivity contribution in [2.24, 2.45) is 0 Å². The number of ether oxygens (including phenoxy) is 1. The van der Waals surface area contributed by atoms with Crippen LogP contribution in [0, 0.1) is 0 Å². The first-order valence-corrected chi connectivity index (χ1v) is 6.68. The number of carbonyl (C=O) groups excluding carboxylic acids is 1. The zero-order valence-corrected chi connectivity index (χ0v) is 11.2. The van der Waals surface area contributed by atoms with Gasteiger partial charge in [0.25, 0.3) is 0 Å². The van der Waals surface area contributed by atoms with Gasteiger partial charge in [0.15, 0.2) is 0 Å². The van der Waals surface area contributed by atoms with Crippen LogP contribution in [-0.2, 0) is 9.53 Å². The zero-order valence-electron chi connectivity index (χ0n) is 10.3. The molecule has 94 valence electrons. The molecule has 0 aromatic carbocycles. The summed E-state index contributed by atoms with van der Waals surface area (Å²) in [6, 6.07) is 0. The van der Waals surface area contributed by atoms with Gasteiger partial charge in [-0.15, -0.1) is 12.6 Å². The summed E-state index contributed by atoms with van der Waals surface area (Å²) >= 11 is 3.82. The first kappa shape index (κ1) is 15.6. The molecule has 0 amide bonds. The van der Waals surface area contributed by atoms with E-state index in [-0.39, 0.29) is 4.91 Å². The van der Waals surface area contributed by atoms with Crippen molar-refractivity contribution in [3.63, 3.8) is 0 Å². The van der Waals surface area contributed by atoms with Gasteiger partial charge in [-0.05, 0) is 6.42 Å². The summed E-state index contributed by atoms with van der Waals surface area (Å²) in [5.41, 5.74) is 0. The highest BCUT2D eigenvalue weighted by molar-refractivity contribution is 7.85. The van der Waals surface area contributed by atoms with Crippen molar-refractivity contribution in [2.75, 3.05) is 6.61 Å². The number of hydrogen-bond acceptors (Lipinski definition) is 3. The Hall–Kier alpha value is -0.440. The normalized spacial score (nSPS) is 10.1. The minimum absolute atomic E-state index is 0.180. The molecular weight excluding hydrogens is 220 g/mol. The van der Waals surface area contributed by atoms with Crippen molar-refractivity contribution in [2.45, 2.75) is 58.3 Å². The molecule has 0 saturated heterocycles. The zero-order chi connectivity index (χ0) is 12.2. The summed E-state index contributed by atoms with van der Waals surface area (Å²) < 4.78 is 4.93. The number of unbranched alkanes of at least 4 members (excludes halogenated alkanes) is 7. The molecular formula is C13H24O2S. The van der Waals surface area contributed by atoms with E-state index >= 15 is 0 Å². The molecule has 0 atom stereocenters. The van der Waals surface area contributed by atoms with E-state index < -0.39 is 5.97 Å². The van der Waals surface area contributed by atoms with Crippen LogP contribution in [0.1, 0.15) is 58.3 Å². The van der Waals surface area contributed by atoms with Crippen LogP contribution in [0.4, 0.5) is 0 Å². The van der Waals surface area contributed by atoms with E-state index in [9.17, 15) is 4.79 Å². The van der Waals surface area contributed by atoms with Crippen molar-refractivity contribution >= 4 is 18.6 Å². The minimum atomic E-state index is -0.397. The number of rotatable bonds is 10. The molecule has 3 heteroatoms. The highest BCUT2D eigenvalue weighted by Crippen LogP contribution is 2.08. The molecule has 16 heavy (non-hydrogen) atoms. The predicted octanol–water partition coefficient (Wildman–Crippen LogP) is 4.11. The maximum absolute atomic E-state index is 11.0. The Morgan fingerprint density at radius 1 is 1.06 bits per heavy atom. The summed E-state index contributed by atoms with van der Waals surface area (Å²) in [6.45, 7) is 6.12. The molecule has 0 radical (unpaired) electrons. The third kappa shape index (κ3) is 10.1. The van der Waals surface area contributed by atoms with Gasteiger partial charge in [0.05, 0.1) is 11.5 Å². The lowest BCUT2D eigenvalue weighted by atomic mass is 10.1. The van der Waals surface area contributed by atoms with Crippen LogP contribution < -0.4 is 0 Å². The van der Waals surface area contributed by atoms with E-state index in [2.05, 4.69) is 26.1 Å². The summed E-state index contributed by atoms with van der Waals surface area (Å²) in [7, 11) is 0. The fraction of sp³-hybridized carbons (Fsp3) is 0.769. The highest BCUT2D eigenvalue weighted by Gasteiger charge is 2.02. The summed E-state index contributed by atoms with van der Waals surface area (Å²) in [5.74, 6) is -0.397. The van der Waals surface area contributed by atoms with Crippen LogP contribution in [0.25, 0.3) is 0 Å². The third-order valence-electron chi connectivity index (χ3n) is 2.47. The second-order valence-electron chi connectivity index (χ2n) is 4.06. The first-order valence-electron chi connectivity index (χ1n) is 6.23. The van der Waals surface area contributed by atoms with Gasteiger partial charge in [-0.1, -0.05) is 58.4 Å². The van der Waals surface area contributed by atoms with E-state index in [1.165, 1.54) is 38.5 Å². The Kier molecular flexibility index (Phi) is 10.8. The van der Waals surface area contributed by atoms with E-state index in [1.54, 1.807) is 0 Å². The van der Waals surface area contributed by atoms with Gasteiger partial charge in [-0.25, -0.2) is 4.79 Å². The third-order valence-corrected chi connectivity index (χ3v) is 2.65. The lowest BCUT2D eigenvalue weighted by molar-refractivity contribution is -0.138. The van der Waals surface area contributed by atoms with Crippen molar-refractivity contribution < 1.29 is 9.53 Å². The van der Waals surface area contributed by atoms with Crippen LogP contribution in [0.15, 0.2) is 11.5 Å². The summed E-state index contributed by atoms with van der Waals surface area (Å²) in [5, 5.41) is 0. The van der Waals surface area contributed by atoms with Crippen LogP contribution in [0.3, 0.4) is 0 Å². The van der Waals surface area contributed by atoms with E-state index in [4.69, 9.17) is 4.74 Å². The second-order valence-corrected chi connectivity index (χ2v) is 4.60. The Labute approximate surface area is 105 Å². The van der Waals surface area contributed by atoms with Crippen molar-refractivity contribution in [3.05, 3.63) is 11.5 Å². The van der Waals surface area contributed by atoms with E-state index in [0.29, 0.717) is 6.61 Å².